The lowest BCUT2D eigenvalue weighted by molar-refractivity contribution is 0.464. The average molecular weight is 184 g/mol. The summed E-state index contributed by atoms with van der Waals surface area (Å²) < 4.78 is 0. The fourth-order valence-electron chi connectivity index (χ4n) is 1.73. The maximum atomic E-state index is 2.54. The Morgan fingerprint density at radius 3 is 1.92 bits per heavy atom. The minimum Gasteiger partial charge on any atom is -0.0822 e. The average Bonchev–Trinajstić information content (AvgIpc) is 1.86. The summed E-state index contributed by atoms with van der Waals surface area (Å²) in [7, 11) is -0.994. The lowest BCUT2D eigenvalue weighted by Crippen LogP contribution is -2.47. The Kier molecular flexibility index (Phi) is 4.09. The van der Waals surface area contributed by atoms with E-state index < -0.39 is 7.94 Å². The third-order valence-electron chi connectivity index (χ3n) is 4.06. The molecule has 0 aliphatic rings. The molecule has 0 saturated heterocycles. The topological polar surface area (TPSA) is 0 Å². The Labute approximate surface area is 80.3 Å². The van der Waals surface area contributed by atoms with Gasteiger partial charge in [0.15, 0.2) is 0 Å². The molecule has 0 atom stereocenters. The van der Waals surface area contributed by atoms with Crippen molar-refractivity contribution in [1.82, 2.24) is 0 Å². The molecule has 0 aliphatic heterocycles. The Balaban J connectivity index is 4.50. The van der Waals surface area contributed by atoms with Gasteiger partial charge in [-0.15, -0.1) is 0 Å². The van der Waals surface area contributed by atoms with Gasteiger partial charge < -0.3 is 0 Å². The molecule has 0 radical (unpaired) electrons. The van der Waals surface area contributed by atoms with E-state index >= 15 is 0 Å². The van der Waals surface area contributed by atoms with Crippen LogP contribution < -0.4 is 0 Å². The summed E-state index contributed by atoms with van der Waals surface area (Å²) in [5, 5.41) is 0.586. The van der Waals surface area contributed by atoms with Gasteiger partial charge in [-0.25, -0.2) is 0 Å². The molecule has 72 valence electrons. The van der Waals surface area contributed by atoms with Crippen LogP contribution in [0.15, 0.2) is 0 Å². The SMILES string of the molecule is CCB[Si](C)(C)C(C)(C)C(C)C. The van der Waals surface area contributed by atoms with E-state index in [0.29, 0.717) is 5.04 Å². The molecule has 0 nitrogen and oxygen atoms in total. The first-order chi connectivity index (χ1) is 5.25. The number of hydrogen-bond donors (Lipinski definition) is 0. The Hall–Kier alpha value is 0.282. The van der Waals surface area contributed by atoms with Crippen LogP contribution in [0.4, 0.5) is 0 Å². The maximum absolute atomic E-state index is 2.54. The van der Waals surface area contributed by atoms with Crippen LogP contribution in [-0.4, -0.2) is 14.8 Å². The van der Waals surface area contributed by atoms with Crippen molar-refractivity contribution >= 4 is 14.8 Å². The molecule has 0 aliphatic carbocycles. The van der Waals surface area contributed by atoms with Crippen molar-refractivity contribution in [3.63, 3.8) is 0 Å². The van der Waals surface area contributed by atoms with Crippen LogP contribution in [0.3, 0.4) is 0 Å². The molecule has 0 aromatic rings. The largest absolute Gasteiger partial charge is 0.116 e. The Bertz CT molecular complexity index is 139. The third kappa shape index (κ3) is 2.38. The first kappa shape index (κ1) is 12.3. The van der Waals surface area contributed by atoms with E-state index in [4.69, 9.17) is 0 Å². The summed E-state index contributed by atoms with van der Waals surface area (Å²) >= 11 is 0. The summed E-state index contributed by atoms with van der Waals surface area (Å²) in [4.78, 5) is 0. The zero-order valence-electron chi connectivity index (χ0n) is 9.99. The van der Waals surface area contributed by atoms with E-state index in [1.165, 1.54) is 13.2 Å². The third-order valence-corrected chi connectivity index (χ3v) is 9.88. The zero-order chi connectivity index (χ0) is 9.99. The molecule has 0 fully saturated rings. The normalized spacial score (nSPS) is 13.7. The highest BCUT2D eigenvalue weighted by Crippen LogP contribution is 2.43. The molecule has 0 aromatic heterocycles. The Morgan fingerprint density at radius 1 is 1.25 bits per heavy atom. The van der Waals surface area contributed by atoms with Gasteiger partial charge in [-0.3, -0.25) is 0 Å². The van der Waals surface area contributed by atoms with Crippen molar-refractivity contribution in [2.24, 2.45) is 5.92 Å². The van der Waals surface area contributed by atoms with E-state index in [-0.39, 0.29) is 0 Å². The van der Waals surface area contributed by atoms with E-state index in [2.05, 4.69) is 47.7 Å². The van der Waals surface area contributed by atoms with E-state index in [1.54, 1.807) is 0 Å². The van der Waals surface area contributed by atoms with E-state index in [0.717, 1.165) is 5.92 Å². The molecule has 0 spiro atoms. The van der Waals surface area contributed by atoms with Crippen LogP contribution >= 0.6 is 0 Å². The van der Waals surface area contributed by atoms with Gasteiger partial charge in [-0.1, -0.05) is 54.0 Å². The van der Waals surface area contributed by atoms with Gasteiger partial charge in [-0.05, 0) is 11.0 Å². The highest BCUT2D eigenvalue weighted by molar-refractivity contribution is 7.25. The van der Waals surface area contributed by atoms with Crippen LogP contribution in [0.2, 0.25) is 24.5 Å². The van der Waals surface area contributed by atoms with Crippen molar-refractivity contribution in [2.45, 2.75) is 59.1 Å². The monoisotopic (exact) mass is 184 g/mol. The van der Waals surface area contributed by atoms with Crippen molar-refractivity contribution in [2.75, 3.05) is 0 Å². The summed E-state index contributed by atoms with van der Waals surface area (Å²) in [5.41, 5.74) is 0. The fourth-order valence-corrected chi connectivity index (χ4v) is 5.19. The molecule has 0 unspecified atom stereocenters. The molecule has 0 rings (SSSR count). The number of hydrogen-bond acceptors (Lipinski definition) is 0. The van der Waals surface area contributed by atoms with Gasteiger partial charge in [0, 0.05) is 7.94 Å². The summed E-state index contributed by atoms with van der Waals surface area (Å²) in [6.45, 7) is 18.5. The summed E-state index contributed by atoms with van der Waals surface area (Å²) in [6, 6.07) is 0. The highest BCUT2D eigenvalue weighted by Gasteiger charge is 2.40. The zero-order valence-corrected chi connectivity index (χ0v) is 11.0. The minimum absolute atomic E-state index is 0.586. The second-order valence-corrected chi connectivity index (χ2v) is 11.1. The molecule has 2 heteroatoms. The molecule has 0 heterocycles. The molecule has 0 N–H and O–H groups in total. The summed E-state index contributed by atoms with van der Waals surface area (Å²) in [6.07, 6.45) is 1.36. The Morgan fingerprint density at radius 2 is 1.67 bits per heavy atom. The predicted molar refractivity (Wildman–Crippen MR) is 64.0 cm³/mol. The van der Waals surface area contributed by atoms with Crippen molar-refractivity contribution in [3.05, 3.63) is 0 Å². The van der Waals surface area contributed by atoms with Gasteiger partial charge in [0.05, 0.1) is 0 Å². The molecule has 0 amide bonds. The first-order valence-corrected chi connectivity index (χ1v) is 8.46. The lowest BCUT2D eigenvalue weighted by Gasteiger charge is -2.43. The molecular weight excluding hydrogens is 159 g/mol. The van der Waals surface area contributed by atoms with Crippen LogP contribution in [0.25, 0.3) is 0 Å². The van der Waals surface area contributed by atoms with Crippen LogP contribution in [0, 0.1) is 5.92 Å². The van der Waals surface area contributed by atoms with Crippen molar-refractivity contribution in [3.8, 4) is 0 Å². The molecule has 0 bridgehead atoms. The molecule has 12 heavy (non-hydrogen) atoms. The lowest BCUT2D eigenvalue weighted by atomic mass is 9.98. The smallest absolute Gasteiger partial charge is 0.0822 e. The van der Waals surface area contributed by atoms with Crippen LogP contribution in [0.5, 0.6) is 0 Å². The quantitative estimate of drug-likeness (QED) is 0.586. The van der Waals surface area contributed by atoms with E-state index in [1.807, 2.05) is 0 Å². The molecule has 0 saturated carbocycles. The van der Waals surface area contributed by atoms with Crippen LogP contribution in [-0.2, 0) is 0 Å². The summed E-state index contributed by atoms with van der Waals surface area (Å²) in [5.74, 6) is 0.825. The maximum Gasteiger partial charge on any atom is 0.116 e. The number of rotatable bonds is 4. The van der Waals surface area contributed by atoms with Crippen molar-refractivity contribution in [1.29, 1.82) is 0 Å². The fraction of sp³-hybridized carbons (Fsp3) is 1.00. The van der Waals surface area contributed by atoms with Gasteiger partial charge >= 0.3 is 0 Å². The predicted octanol–water partition coefficient (Wildman–Crippen LogP) is 3.50. The first-order valence-electron chi connectivity index (χ1n) is 5.25. The molecule has 0 aromatic carbocycles. The second kappa shape index (κ2) is 3.99. The van der Waals surface area contributed by atoms with Gasteiger partial charge in [0.2, 0.25) is 0 Å². The van der Waals surface area contributed by atoms with Gasteiger partial charge in [0.1, 0.15) is 6.87 Å². The molecular formula is C10H25BSi. The minimum atomic E-state index is -0.994. The van der Waals surface area contributed by atoms with Gasteiger partial charge in [-0.2, -0.15) is 0 Å². The van der Waals surface area contributed by atoms with E-state index in [9.17, 15) is 0 Å². The standard InChI is InChI=1S/C10H25BSi/c1-8-11-12(6,7)10(4,5)9(2)3/h9,11H,8H2,1-7H3. The van der Waals surface area contributed by atoms with Crippen LogP contribution in [0.1, 0.15) is 34.6 Å². The van der Waals surface area contributed by atoms with Crippen molar-refractivity contribution < 1.29 is 0 Å². The highest BCUT2D eigenvalue weighted by atomic mass is 28.3. The van der Waals surface area contributed by atoms with Gasteiger partial charge in [0.25, 0.3) is 0 Å². The second-order valence-electron chi connectivity index (χ2n) is 5.51.